The minimum absolute atomic E-state index is 0.336. The molecule has 0 atom stereocenters. The minimum atomic E-state index is 0.336. The lowest BCUT2D eigenvalue weighted by atomic mass is 10.1. The average molecular weight is 202 g/mol. The van der Waals surface area contributed by atoms with Crippen molar-refractivity contribution in [3.63, 3.8) is 0 Å². The third kappa shape index (κ3) is 2.34. The molecule has 72 valence electrons. The van der Waals surface area contributed by atoms with Crippen molar-refractivity contribution in [1.82, 2.24) is 0 Å². The number of ether oxygens (including phenoxy) is 1. The first kappa shape index (κ1) is 10.3. The number of methoxy groups -OCH3 is 1. The van der Waals surface area contributed by atoms with Crippen molar-refractivity contribution >= 4 is 11.6 Å². The van der Waals surface area contributed by atoms with Gasteiger partial charge in [0.1, 0.15) is 5.75 Å². The number of nitrogens with two attached hydrogens (primary N) is 1. The second-order valence-corrected chi connectivity index (χ2v) is 3.14. The zero-order valence-electron chi connectivity index (χ0n) is 7.63. The molecule has 0 spiro atoms. The van der Waals surface area contributed by atoms with Gasteiger partial charge in [-0.3, -0.25) is 4.84 Å². The van der Waals surface area contributed by atoms with Crippen LogP contribution >= 0.6 is 11.6 Å². The molecule has 13 heavy (non-hydrogen) atoms. The van der Waals surface area contributed by atoms with Crippen LogP contribution in [0.1, 0.15) is 11.1 Å². The molecule has 0 saturated heterocycles. The highest BCUT2D eigenvalue weighted by Crippen LogP contribution is 2.26. The highest BCUT2D eigenvalue weighted by Gasteiger charge is 2.06. The van der Waals surface area contributed by atoms with E-state index in [9.17, 15) is 0 Å². The van der Waals surface area contributed by atoms with Crippen LogP contribution < -0.4 is 10.6 Å². The van der Waals surface area contributed by atoms with Gasteiger partial charge < -0.3 is 4.74 Å². The largest absolute Gasteiger partial charge is 0.496 e. The van der Waals surface area contributed by atoms with E-state index in [-0.39, 0.29) is 0 Å². The first-order valence-corrected chi connectivity index (χ1v) is 4.21. The lowest BCUT2D eigenvalue weighted by molar-refractivity contribution is 0.123. The van der Waals surface area contributed by atoms with E-state index in [1.807, 2.05) is 13.0 Å². The van der Waals surface area contributed by atoms with Gasteiger partial charge in [-0.25, -0.2) is 5.90 Å². The van der Waals surface area contributed by atoms with Gasteiger partial charge in [0.05, 0.1) is 13.7 Å². The molecule has 1 rings (SSSR count). The van der Waals surface area contributed by atoms with Crippen LogP contribution in [0.15, 0.2) is 12.1 Å². The Hall–Kier alpha value is -0.770. The normalized spacial score (nSPS) is 10.2. The monoisotopic (exact) mass is 201 g/mol. The van der Waals surface area contributed by atoms with Gasteiger partial charge in [0, 0.05) is 5.02 Å². The van der Waals surface area contributed by atoms with Gasteiger partial charge in [-0.2, -0.15) is 0 Å². The summed E-state index contributed by atoms with van der Waals surface area (Å²) in [6.45, 7) is 2.27. The predicted molar refractivity (Wildman–Crippen MR) is 51.7 cm³/mol. The third-order valence-corrected chi connectivity index (χ3v) is 2.11. The summed E-state index contributed by atoms with van der Waals surface area (Å²) in [5.41, 5.74) is 1.93. The van der Waals surface area contributed by atoms with E-state index in [1.165, 1.54) is 0 Å². The topological polar surface area (TPSA) is 44.5 Å². The molecule has 0 aliphatic heterocycles. The Morgan fingerprint density at radius 3 is 2.69 bits per heavy atom. The van der Waals surface area contributed by atoms with E-state index >= 15 is 0 Å². The number of halogens is 1. The number of hydrogen-bond acceptors (Lipinski definition) is 3. The van der Waals surface area contributed by atoms with E-state index in [2.05, 4.69) is 4.84 Å². The van der Waals surface area contributed by atoms with Crippen molar-refractivity contribution in [3.05, 3.63) is 28.3 Å². The highest BCUT2D eigenvalue weighted by atomic mass is 35.5. The number of benzene rings is 1. The van der Waals surface area contributed by atoms with Crippen molar-refractivity contribution in [1.29, 1.82) is 0 Å². The van der Waals surface area contributed by atoms with Crippen molar-refractivity contribution < 1.29 is 9.57 Å². The van der Waals surface area contributed by atoms with Gasteiger partial charge >= 0.3 is 0 Å². The van der Waals surface area contributed by atoms with E-state index < -0.39 is 0 Å². The summed E-state index contributed by atoms with van der Waals surface area (Å²) in [6.07, 6.45) is 0. The Labute approximate surface area is 82.4 Å². The summed E-state index contributed by atoms with van der Waals surface area (Å²) in [6, 6.07) is 3.57. The van der Waals surface area contributed by atoms with Crippen LogP contribution in [-0.2, 0) is 11.4 Å². The molecule has 0 amide bonds. The van der Waals surface area contributed by atoms with Crippen LogP contribution in [0.4, 0.5) is 0 Å². The van der Waals surface area contributed by atoms with Gasteiger partial charge in [0.2, 0.25) is 0 Å². The first-order chi connectivity index (χ1) is 6.19. The molecule has 0 bridgehead atoms. The Kier molecular flexibility index (Phi) is 3.54. The molecule has 0 aliphatic carbocycles. The fourth-order valence-corrected chi connectivity index (χ4v) is 1.39. The second kappa shape index (κ2) is 4.46. The zero-order chi connectivity index (χ0) is 9.84. The smallest absolute Gasteiger partial charge is 0.123 e. The molecule has 0 heterocycles. The summed E-state index contributed by atoms with van der Waals surface area (Å²) in [5.74, 6) is 5.74. The summed E-state index contributed by atoms with van der Waals surface area (Å²) >= 11 is 5.86. The maximum Gasteiger partial charge on any atom is 0.123 e. The molecule has 1 aromatic rings. The van der Waals surface area contributed by atoms with Gasteiger partial charge in [-0.15, -0.1) is 0 Å². The summed E-state index contributed by atoms with van der Waals surface area (Å²) in [7, 11) is 1.60. The lowest BCUT2D eigenvalue weighted by Crippen LogP contribution is -2.01. The molecule has 0 unspecified atom stereocenters. The lowest BCUT2D eigenvalue weighted by Gasteiger charge is -2.10. The van der Waals surface area contributed by atoms with Crippen LogP contribution in [0.5, 0.6) is 5.75 Å². The molecular formula is C9H12ClNO2. The van der Waals surface area contributed by atoms with Crippen LogP contribution in [0.25, 0.3) is 0 Å². The van der Waals surface area contributed by atoms with Crippen LogP contribution in [0, 0.1) is 6.92 Å². The second-order valence-electron chi connectivity index (χ2n) is 2.70. The molecule has 0 radical (unpaired) electrons. The van der Waals surface area contributed by atoms with Crippen molar-refractivity contribution in [2.75, 3.05) is 7.11 Å². The summed E-state index contributed by atoms with van der Waals surface area (Å²) in [5, 5.41) is 0.620. The quantitative estimate of drug-likeness (QED) is 0.762. The fourth-order valence-electron chi connectivity index (χ4n) is 1.16. The van der Waals surface area contributed by atoms with E-state index in [0.717, 1.165) is 16.9 Å². The van der Waals surface area contributed by atoms with Gasteiger partial charge in [0.25, 0.3) is 0 Å². The molecule has 0 aromatic heterocycles. The molecule has 2 N–H and O–H groups in total. The molecule has 0 saturated carbocycles. The molecule has 0 fully saturated rings. The van der Waals surface area contributed by atoms with Gasteiger partial charge in [-0.05, 0) is 30.2 Å². The van der Waals surface area contributed by atoms with E-state index in [1.54, 1.807) is 13.2 Å². The van der Waals surface area contributed by atoms with Gasteiger partial charge in [0.15, 0.2) is 0 Å². The maximum atomic E-state index is 5.86. The highest BCUT2D eigenvalue weighted by molar-refractivity contribution is 6.30. The Morgan fingerprint density at radius 2 is 2.15 bits per heavy atom. The zero-order valence-corrected chi connectivity index (χ0v) is 8.39. The number of rotatable bonds is 3. The standard InChI is InChI=1S/C9H12ClNO2/c1-6-7(5-13-11)3-8(10)4-9(6)12-2/h3-4H,5,11H2,1-2H3. The first-order valence-electron chi connectivity index (χ1n) is 3.83. The van der Waals surface area contributed by atoms with E-state index in [0.29, 0.717) is 11.6 Å². The average Bonchev–Trinajstić information content (AvgIpc) is 2.11. The fraction of sp³-hybridized carbons (Fsp3) is 0.333. The summed E-state index contributed by atoms with van der Waals surface area (Å²) < 4.78 is 5.13. The van der Waals surface area contributed by atoms with E-state index in [4.69, 9.17) is 22.2 Å². The van der Waals surface area contributed by atoms with Gasteiger partial charge in [-0.1, -0.05) is 11.6 Å². The van der Waals surface area contributed by atoms with Crippen LogP contribution in [-0.4, -0.2) is 7.11 Å². The van der Waals surface area contributed by atoms with Crippen LogP contribution in [0.2, 0.25) is 5.02 Å². The van der Waals surface area contributed by atoms with Crippen molar-refractivity contribution in [3.8, 4) is 5.75 Å². The Bertz CT molecular complexity index is 302. The molecular weight excluding hydrogens is 190 g/mol. The van der Waals surface area contributed by atoms with Crippen molar-refractivity contribution in [2.24, 2.45) is 5.90 Å². The molecule has 0 aliphatic rings. The SMILES string of the molecule is COc1cc(Cl)cc(CON)c1C. The summed E-state index contributed by atoms with van der Waals surface area (Å²) in [4.78, 5) is 4.55. The van der Waals surface area contributed by atoms with Crippen molar-refractivity contribution in [2.45, 2.75) is 13.5 Å². The molecule has 4 heteroatoms. The Morgan fingerprint density at radius 1 is 1.46 bits per heavy atom. The molecule has 3 nitrogen and oxygen atoms in total. The molecule has 1 aromatic carbocycles. The maximum absolute atomic E-state index is 5.86. The minimum Gasteiger partial charge on any atom is -0.496 e. The predicted octanol–water partition coefficient (Wildman–Crippen LogP) is 2.05. The number of hydrogen-bond donors (Lipinski definition) is 1. The van der Waals surface area contributed by atoms with Crippen LogP contribution in [0.3, 0.4) is 0 Å². The third-order valence-electron chi connectivity index (χ3n) is 1.89. The Balaban J connectivity index is 3.11.